The molecule has 0 radical (unpaired) electrons. The van der Waals surface area contributed by atoms with Crippen LogP contribution < -0.4 is 0 Å². The van der Waals surface area contributed by atoms with Gasteiger partial charge in [0, 0.05) is 0 Å². The fourth-order valence-electron chi connectivity index (χ4n) is 3.49. The minimum absolute atomic E-state index is 0.952. The maximum atomic E-state index is 2.46. The van der Waals surface area contributed by atoms with Crippen LogP contribution in [0.15, 0.2) is 0 Å². The highest BCUT2D eigenvalue weighted by Crippen LogP contribution is 2.26. The summed E-state index contributed by atoms with van der Waals surface area (Å²) in [4.78, 5) is 0. The summed E-state index contributed by atoms with van der Waals surface area (Å²) in [5.41, 5.74) is 0. The third-order valence-corrected chi connectivity index (χ3v) is 5.03. The summed E-state index contributed by atoms with van der Waals surface area (Å²) in [6.07, 6.45) is 21.8. The van der Waals surface area contributed by atoms with E-state index in [4.69, 9.17) is 0 Å². The van der Waals surface area contributed by atoms with E-state index < -0.39 is 0 Å². The molecule has 0 aliphatic carbocycles. The molecule has 0 rings (SSSR count). The second kappa shape index (κ2) is 16.4. The lowest BCUT2D eigenvalue weighted by atomic mass is 9.87. The van der Waals surface area contributed by atoms with Crippen LogP contribution in [0, 0.1) is 11.8 Å². The molecule has 0 aliphatic heterocycles. The Morgan fingerprint density at radius 1 is 0.476 bits per heavy atom. The Hall–Kier alpha value is 0. The van der Waals surface area contributed by atoms with Crippen molar-refractivity contribution in [3.8, 4) is 0 Å². The van der Waals surface area contributed by atoms with E-state index in [-0.39, 0.29) is 0 Å². The fraction of sp³-hybridized carbons (Fsp3) is 1.00. The monoisotopic (exact) mass is 296 g/mol. The molecule has 0 saturated carbocycles. The highest BCUT2D eigenvalue weighted by Gasteiger charge is 2.11. The second-order valence-electron chi connectivity index (χ2n) is 7.39. The van der Waals surface area contributed by atoms with E-state index in [0.29, 0.717) is 0 Å². The molecule has 0 aliphatic rings. The third kappa shape index (κ3) is 14.7. The van der Waals surface area contributed by atoms with Gasteiger partial charge in [-0.3, -0.25) is 0 Å². The molecule has 0 bridgehead atoms. The van der Waals surface area contributed by atoms with Crippen molar-refractivity contribution < 1.29 is 0 Å². The summed E-state index contributed by atoms with van der Waals surface area (Å²) in [6.45, 7) is 9.41. The first-order chi connectivity index (χ1) is 10.2. The van der Waals surface area contributed by atoms with Crippen LogP contribution in [0.25, 0.3) is 0 Å². The smallest absolute Gasteiger partial charge is 0.0414 e. The van der Waals surface area contributed by atoms with E-state index in [0.717, 1.165) is 11.8 Å². The average Bonchev–Trinajstić information content (AvgIpc) is 2.48. The molecule has 2 atom stereocenters. The SMILES string of the molecule is CCCCCCCC(CCCCCC)CCC(C)CCC. The summed E-state index contributed by atoms with van der Waals surface area (Å²) >= 11 is 0. The highest BCUT2D eigenvalue weighted by molar-refractivity contribution is 4.64. The largest absolute Gasteiger partial charge is 0.0654 e. The van der Waals surface area contributed by atoms with E-state index in [2.05, 4.69) is 27.7 Å². The van der Waals surface area contributed by atoms with Crippen molar-refractivity contribution in [1.29, 1.82) is 0 Å². The molecule has 0 saturated heterocycles. The lowest BCUT2D eigenvalue weighted by Crippen LogP contribution is -2.05. The molecule has 0 heterocycles. The Kier molecular flexibility index (Phi) is 16.4. The minimum Gasteiger partial charge on any atom is -0.0654 e. The molecule has 2 unspecified atom stereocenters. The maximum absolute atomic E-state index is 2.46. The number of unbranched alkanes of at least 4 members (excludes halogenated alkanes) is 7. The number of hydrogen-bond donors (Lipinski definition) is 0. The zero-order valence-corrected chi connectivity index (χ0v) is 15.8. The van der Waals surface area contributed by atoms with Crippen LogP contribution in [-0.2, 0) is 0 Å². The van der Waals surface area contributed by atoms with Gasteiger partial charge in [0.1, 0.15) is 0 Å². The Morgan fingerprint density at radius 3 is 1.52 bits per heavy atom. The van der Waals surface area contributed by atoms with Crippen molar-refractivity contribution in [2.45, 2.75) is 124 Å². The first-order valence-electron chi connectivity index (χ1n) is 10.2. The van der Waals surface area contributed by atoms with E-state index >= 15 is 0 Å². The lowest BCUT2D eigenvalue weighted by molar-refractivity contribution is 0.339. The Balaban J connectivity index is 3.84. The Morgan fingerprint density at radius 2 is 1.00 bits per heavy atom. The molecule has 0 heteroatoms. The summed E-state index contributed by atoms with van der Waals surface area (Å²) < 4.78 is 0. The van der Waals surface area contributed by atoms with Gasteiger partial charge in [0.25, 0.3) is 0 Å². The van der Waals surface area contributed by atoms with Crippen LogP contribution in [0.3, 0.4) is 0 Å². The van der Waals surface area contributed by atoms with Gasteiger partial charge in [0.05, 0.1) is 0 Å². The van der Waals surface area contributed by atoms with Crippen LogP contribution in [0.5, 0.6) is 0 Å². The standard InChI is InChI=1S/C21H44/c1-5-8-10-12-14-17-21(16-13-11-9-6-2)19-18-20(4)15-7-3/h20-21H,5-19H2,1-4H3. The Labute approximate surface area is 136 Å². The molecular weight excluding hydrogens is 252 g/mol. The van der Waals surface area contributed by atoms with E-state index in [1.54, 1.807) is 0 Å². The van der Waals surface area contributed by atoms with Crippen LogP contribution in [0.4, 0.5) is 0 Å². The van der Waals surface area contributed by atoms with Gasteiger partial charge >= 0.3 is 0 Å². The quantitative estimate of drug-likeness (QED) is 0.252. The van der Waals surface area contributed by atoms with Crippen LogP contribution in [0.1, 0.15) is 124 Å². The van der Waals surface area contributed by atoms with Crippen molar-refractivity contribution in [2.24, 2.45) is 11.8 Å². The first kappa shape index (κ1) is 21.0. The predicted molar refractivity (Wildman–Crippen MR) is 98.9 cm³/mol. The van der Waals surface area contributed by atoms with Gasteiger partial charge in [-0.1, -0.05) is 124 Å². The minimum atomic E-state index is 0.952. The maximum Gasteiger partial charge on any atom is -0.0414 e. The van der Waals surface area contributed by atoms with Crippen molar-refractivity contribution in [2.75, 3.05) is 0 Å². The fourth-order valence-corrected chi connectivity index (χ4v) is 3.49. The average molecular weight is 297 g/mol. The molecule has 0 aromatic heterocycles. The molecule has 0 aromatic carbocycles. The third-order valence-electron chi connectivity index (χ3n) is 5.03. The molecule has 0 fully saturated rings. The Bertz CT molecular complexity index is 184. The molecular formula is C21H44. The normalized spacial score (nSPS) is 14.3. The summed E-state index contributed by atoms with van der Waals surface area (Å²) in [5, 5.41) is 0. The van der Waals surface area contributed by atoms with Crippen molar-refractivity contribution in [1.82, 2.24) is 0 Å². The molecule has 0 spiro atoms. The van der Waals surface area contributed by atoms with Crippen LogP contribution in [-0.4, -0.2) is 0 Å². The summed E-state index contributed by atoms with van der Waals surface area (Å²) in [5.74, 6) is 1.98. The molecule has 0 amide bonds. The van der Waals surface area contributed by atoms with Gasteiger partial charge < -0.3 is 0 Å². The van der Waals surface area contributed by atoms with Gasteiger partial charge in [-0.25, -0.2) is 0 Å². The lowest BCUT2D eigenvalue weighted by Gasteiger charge is -2.19. The molecule has 21 heavy (non-hydrogen) atoms. The van der Waals surface area contributed by atoms with Gasteiger partial charge in [0.15, 0.2) is 0 Å². The first-order valence-corrected chi connectivity index (χ1v) is 10.2. The van der Waals surface area contributed by atoms with Crippen molar-refractivity contribution >= 4 is 0 Å². The molecule has 0 N–H and O–H groups in total. The number of rotatable bonds is 16. The molecule has 128 valence electrons. The van der Waals surface area contributed by atoms with Gasteiger partial charge in [-0.2, -0.15) is 0 Å². The van der Waals surface area contributed by atoms with E-state index in [1.165, 1.54) is 96.3 Å². The predicted octanol–water partition coefficient (Wildman–Crippen LogP) is 8.15. The topological polar surface area (TPSA) is 0 Å². The van der Waals surface area contributed by atoms with Gasteiger partial charge in [-0.05, 0) is 11.8 Å². The molecule has 0 aromatic rings. The number of hydrogen-bond acceptors (Lipinski definition) is 0. The van der Waals surface area contributed by atoms with E-state index in [1.807, 2.05) is 0 Å². The highest BCUT2D eigenvalue weighted by atomic mass is 14.2. The summed E-state index contributed by atoms with van der Waals surface area (Å²) in [6, 6.07) is 0. The van der Waals surface area contributed by atoms with E-state index in [9.17, 15) is 0 Å². The zero-order valence-electron chi connectivity index (χ0n) is 15.8. The molecule has 0 nitrogen and oxygen atoms in total. The second-order valence-corrected chi connectivity index (χ2v) is 7.39. The van der Waals surface area contributed by atoms with Crippen molar-refractivity contribution in [3.05, 3.63) is 0 Å². The van der Waals surface area contributed by atoms with Crippen LogP contribution in [0.2, 0.25) is 0 Å². The zero-order chi connectivity index (χ0) is 15.8. The van der Waals surface area contributed by atoms with Crippen LogP contribution >= 0.6 is 0 Å². The van der Waals surface area contributed by atoms with Crippen molar-refractivity contribution in [3.63, 3.8) is 0 Å². The van der Waals surface area contributed by atoms with Gasteiger partial charge in [0.2, 0.25) is 0 Å². The van der Waals surface area contributed by atoms with Gasteiger partial charge in [-0.15, -0.1) is 0 Å². The summed E-state index contributed by atoms with van der Waals surface area (Å²) in [7, 11) is 0.